The normalized spacial score (nSPS) is 31.5. The zero-order valence-corrected chi connectivity index (χ0v) is 20.5. The van der Waals surface area contributed by atoms with Crippen molar-refractivity contribution in [3.05, 3.63) is 41.5 Å². The molecule has 0 aliphatic carbocycles. The fourth-order valence-corrected chi connectivity index (χ4v) is 5.52. The first-order chi connectivity index (χ1) is 15.1. The maximum Gasteiger partial charge on any atom is 0.410 e. The van der Waals surface area contributed by atoms with Gasteiger partial charge in [-0.05, 0) is 73.3 Å². The van der Waals surface area contributed by atoms with Crippen LogP contribution < -0.4 is 4.74 Å². The monoisotopic (exact) mass is 441 g/mol. The summed E-state index contributed by atoms with van der Waals surface area (Å²) in [6.07, 6.45) is 6.08. The number of hydrogen-bond acceptors (Lipinski definition) is 4. The number of ether oxygens (including phenoxy) is 3. The standard InChI is InChI=1S/C27H39NO4/c1-18(2)10-9-14-27(6)21-16-19-17-28(25(29)32-26(3,4)5)15-13-22(19)30-24(21)20-11-7-8-12-23(20)31-27/h7-8,10-12,19,21-22,24H,9,13-17H2,1-6H3/t19-,21+,22+,24-,27+/m0/s1. The molecule has 1 aromatic rings. The van der Waals surface area contributed by atoms with Gasteiger partial charge in [0.05, 0.1) is 12.2 Å². The van der Waals surface area contributed by atoms with E-state index >= 15 is 0 Å². The summed E-state index contributed by atoms with van der Waals surface area (Å²) in [5.74, 6) is 1.51. The number of hydrogen-bond donors (Lipinski definition) is 0. The second-order valence-corrected chi connectivity index (χ2v) is 11.2. The lowest BCUT2D eigenvalue weighted by Gasteiger charge is -2.54. The molecular weight excluding hydrogens is 402 g/mol. The minimum atomic E-state index is -0.480. The Labute approximate surface area is 193 Å². The Morgan fingerprint density at radius 1 is 1.28 bits per heavy atom. The number of piperidine rings is 1. The number of carbonyl (C=O) groups is 1. The molecule has 32 heavy (non-hydrogen) atoms. The second-order valence-electron chi connectivity index (χ2n) is 11.2. The molecule has 176 valence electrons. The molecule has 4 rings (SSSR count). The average molecular weight is 442 g/mol. The number of benzene rings is 1. The van der Waals surface area contributed by atoms with Gasteiger partial charge in [0.25, 0.3) is 0 Å². The van der Waals surface area contributed by atoms with E-state index in [1.165, 1.54) is 11.1 Å². The van der Waals surface area contributed by atoms with E-state index < -0.39 is 5.60 Å². The number of allylic oxidation sites excluding steroid dienone is 2. The van der Waals surface area contributed by atoms with Crippen LogP contribution in [0.15, 0.2) is 35.9 Å². The Kier molecular flexibility index (Phi) is 6.32. The molecule has 0 bridgehead atoms. The van der Waals surface area contributed by atoms with E-state index in [4.69, 9.17) is 14.2 Å². The van der Waals surface area contributed by atoms with Gasteiger partial charge >= 0.3 is 6.09 Å². The highest BCUT2D eigenvalue weighted by molar-refractivity contribution is 5.68. The van der Waals surface area contributed by atoms with Crippen LogP contribution in [-0.2, 0) is 9.47 Å². The van der Waals surface area contributed by atoms with E-state index in [0.29, 0.717) is 19.0 Å². The van der Waals surface area contributed by atoms with Crippen molar-refractivity contribution in [3.8, 4) is 5.75 Å². The highest BCUT2D eigenvalue weighted by Gasteiger charge is 2.53. The predicted octanol–water partition coefficient (Wildman–Crippen LogP) is 6.29. The van der Waals surface area contributed by atoms with Crippen LogP contribution in [0.1, 0.15) is 78.9 Å². The van der Waals surface area contributed by atoms with Crippen molar-refractivity contribution in [1.29, 1.82) is 0 Å². The lowest BCUT2D eigenvalue weighted by molar-refractivity contribution is -0.190. The molecule has 0 saturated carbocycles. The van der Waals surface area contributed by atoms with Crippen LogP contribution in [0.3, 0.4) is 0 Å². The van der Waals surface area contributed by atoms with E-state index in [-0.39, 0.29) is 29.8 Å². The molecule has 1 amide bonds. The molecule has 0 unspecified atom stereocenters. The molecule has 3 heterocycles. The first kappa shape index (κ1) is 23.2. The lowest BCUT2D eigenvalue weighted by atomic mass is 9.68. The SMILES string of the molecule is CC(C)=CCC[C@@]1(C)Oc2ccccc2[C@@H]2O[C@@H]3CCN(C(=O)OC(C)(C)C)C[C@@H]3C[C@H]21. The molecule has 5 nitrogen and oxygen atoms in total. The molecule has 3 aliphatic rings. The summed E-state index contributed by atoms with van der Waals surface area (Å²) in [5.41, 5.74) is 1.73. The Morgan fingerprint density at radius 3 is 2.75 bits per heavy atom. The maximum absolute atomic E-state index is 12.7. The largest absolute Gasteiger partial charge is 0.487 e. The van der Waals surface area contributed by atoms with Gasteiger partial charge in [0.1, 0.15) is 17.0 Å². The predicted molar refractivity (Wildman–Crippen MR) is 126 cm³/mol. The second kappa shape index (κ2) is 8.74. The van der Waals surface area contributed by atoms with Crippen molar-refractivity contribution >= 4 is 6.09 Å². The Hall–Kier alpha value is -2.01. The number of para-hydroxylation sites is 1. The van der Waals surface area contributed by atoms with Gasteiger partial charge in [-0.2, -0.15) is 0 Å². The molecule has 0 N–H and O–H groups in total. The third-order valence-corrected chi connectivity index (χ3v) is 7.11. The Balaban J connectivity index is 1.56. The van der Waals surface area contributed by atoms with Crippen LogP contribution >= 0.6 is 0 Å². The van der Waals surface area contributed by atoms with Crippen molar-refractivity contribution < 1.29 is 19.0 Å². The summed E-state index contributed by atoms with van der Waals surface area (Å²) in [6.45, 7) is 13.7. The molecule has 3 aliphatic heterocycles. The molecule has 5 heteroatoms. The van der Waals surface area contributed by atoms with Gasteiger partial charge in [-0.3, -0.25) is 0 Å². The number of carbonyl (C=O) groups excluding carboxylic acids is 1. The van der Waals surface area contributed by atoms with Crippen LogP contribution in [0.5, 0.6) is 5.75 Å². The summed E-state index contributed by atoms with van der Waals surface area (Å²) in [6, 6.07) is 8.34. The number of likely N-dealkylation sites (tertiary alicyclic amines) is 1. The van der Waals surface area contributed by atoms with Crippen molar-refractivity contribution in [2.75, 3.05) is 13.1 Å². The first-order valence-electron chi connectivity index (χ1n) is 12.1. The molecule has 2 fully saturated rings. The van der Waals surface area contributed by atoms with Gasteiger partial charge in [-0.25, -0.2) is 4.79 Å². The number of amides is 1. The molecular formula is C27H39NO4. The van der Waals surface area contributed by atoms with Gasteiger partial charge < -0.3 is 19.1 Å². The van der Waals surface area contributed by atoms with Gasteiger partial charge in [-0.15, -0.1) is 0 Å². The van der Waals surface area contributed by atoms with Crippen LogP contribution in [0.2, 0.25) is 0 Å². The van der Waals surface area contributed by atoms with Crippen molar-refractivity contribution in [2.24, 2.45) is 11.8 Å². The van der Waals surface area contributed by atoms with E-state index in [0.717, 1.165) is 31.4 Å². The summed E-state index contributed by atoms with van der Waals surface area (Å²) >= 11 is 0. The molecule has 1 aromatic carbocycles. The average Bonchev–Trinajstić information content (AvgIpc) is 2.71. The smallest absolute Gasteiger partial charge is 0.410 e. The van der Waals surface area contributed by atoms with Crippen LogP contribution in [0.4, 0.5) is 4.79 Å². The number of fused-ring (bicyclic) bond motifs is 4. The number of rotatable bonds is 3. The zero-order chi connectivity index (χ0) is 23.1. The van der Waals surface area contributed by atoms with Crippen molar-refractivity contribution in [3.63, 3.8) is 0 Å². The molecule has 5 atom stereocenters. The summed E-state index contributed by atoms with van der Waals surface area (Å²) in [7, 11) is 0. The zero-order valence-electron chi connectivity index (χ0n) is 20.5. The molecule has 0 spiro atoms. The van der Waals surface area contributed by atoms with Crippen molar-refractivity contribution in [1.82, 2.24) is 4.90 Å². The molecule has 0 aromatic heterocycles. The summed E-state index contributed by atoms with van der Waals surface area (Å²) < 4.78 is 19.1. The minimum absolute atomic E-state index is 0.0472. The Bertz CT molecular complexity index is 869. The molecule has 0 radical (unpaired) electrons. The van der Waals surface area contributed by atoms with E-state index in [9.17, 15) is 4.79 Å². The minimum Gasteiger partial charge on any atom is -0.487 e. The first-order valence-corrected chi connectivity index (χ1v) is 12.1. The van der Waals surface area contributed by atoms with Crippen LogP contribution in [-0.4, -0.2) is 41.4 Å². The van der Waals surface area contributed by atoms with Crippen LogP contribution in [0.25, 0.3) is 0 Å². The van der Waals surface area contributed by atoms with Gasteiger partial charge in [0, 0.05) is 30.5 Å². The number of nitrogens with zero attached hydrogens (tertiary/aromatic N) is 1. The van der Waals surface area contributed by atoms with E-state index in [1.54, 1.807) is 0 Å². The van der Waals surface area contributed by atoms with Crippen LogP contribution in [0, 0.1) is 11.8 Å². The quantitative estimate of drug-likeness (QED) is 0.517. The third-order valence-electron chi connectivity index (χ3n) is 7.11. The lowest BCUT2D eigenvalue weighted by Crippen LogP contribution is -2.57. The topological polar surface area (TPSA) is 48.0 Å². The highest BCUT2D eigenvalue weighted by atomic mass is 16.6. The van der Waals surface area contributed by atoms with E-state index in [2.05, 4.69) is 45.0 Å². The fraction of sp³-hybridized carbons (Fsp3) is 0.667. The third kappa shape index (κ3) is 4.83. The summed E-state index contributed by atoms with van der Waals surface area (Å²) in [4.78, 5) is 14.6. The fourth-order valence-electron chi connectivity index (χ4n) is 5.52. The van der Waals surface area contributed by atoms with Gasteiger partial charge in [-0.1, -0.05) is 29.8 Å². The Morgan fingerprint density at radius 2 is 2.03 bits per heavy atom. The van der Waals surface area contributed by atoms with Gasteiger partial charge in [0.2, 0.25) is 0 Å². The maximum atomic E-state index is 12.7. The highest BCUT2D eigenvalue weighted by Crippen LogP contribution is 2.54. The van der Waals surface area contributed by atoms with E-state index in [1.807, 2.05) is 31.7 Å². The molecule has 2 saturated heterocycles. The summed E-state index contributed by atoms with van der Waals surface area (Å²) in [5, 5.41) is 0. The van der Waals surface area contributed by atoms with Crippen molar-refractivity contribution in [2.45, 2.75) is 90.6 Å². The van der Waals surface area contributed by atoms with Gasteiger partial charge in [0.15, 0.2) is 0 Å².